The first-order valence-electron chi connectivity index (χ1n) is 11.6. The normalized spacial score (nSPS) is 15.2. The fraction of sp³-hybridized carbons (Fsp3) is 0.0690. The fourth-order valence-electron chi connectivity index (χ4n) is 4.43. The zero-order chi connectivity index (χ0) is 24.5. The molecule has 1 atom stereocenters. The smallest absolute Gasteiger partial charge is 0.310 e. The Morgan fingerprint density at radius 1 is 0.861 bits per heavy atom. The Kier molecular flexibility index (Phi) is 5.83. The molecule has 176 valence electrons. The highest BCUT2D eigenvalue weighted by molar-refractivity contribution is 9.10. The van der Waals surface area contributed by atoms with Crippen LogP contribution >= 0.6 is 15.9 Å². The lowest BCUT2D eigenvalue weighted by Gasteiger charge is -2.20. The van der Waals surface area contributed by atoms with Crippen molar-refractivity contribution in [2.24, 2.45) is 5.10 Å². The van der Waals surface area contributed by atoms with Crippen molar-refractivity contribution in [3.63, 3.8) is 0 Å². The minimum absolute atomic E-state index is 0.248. The van der Waals surface area contributed by atoms with E-state index in [1.165, 1.54) is 11.3 Å². The molecule has 7 heteroatoms. The molecular weight excluding hydrogens is 516 g/mol. The first-order valence-corrected chi connectivity index (χ1v) is 12.4. The molecule has 0 spiro atoms. The highest BCUT2D eigenvalue weighted by Gasteiger charge is 2.37. The molecule has 0 unspecified atom stereocenters. The predicted octanol–water partition coefficient (Wildman–Crippen LogP) is 6.89. The molecule has 0 fully saturated rings. The van der Waals surface area contributed by atoms with Crippen LogP contribution in [0, 0.1) is 0 Å². The van der Waals surface area contributed by atoms with Gasteiger partial charge in [0.1, 0.15) is 0 Å². The lowest BCUT2D eigenvalue weighted by molar-refractivity contribution is 0.0679. The standard InChI is InChI=1S/C29H21BrN4O2/c30-22-15-13-20(14-16-22)25-18-26(34(31-25)29(35)27-12-7-17-36-27)24-19-33(23-10-5-2-6-11-23)32-28(24)21-8-3-1-4-9-21/h1-17,19,26H,18H2/t26-/m1/s1. The molecule has 2 aromatic heterocycles. The molecule has 1 amide bonds. The van der Waals surface area contributed by atoms with Crippen LogP contribution in [0.4, 0.5) is 0 Å². The highest BCUT2D eigenvalue weighted by atomic mass is 79.9. The van der Waals surface area contributed by atoms with Crippen molar-refractivity contribution in [2.75, 3.05) is 0 Å². The molecule has 3 heterocycles. The lowest BCUT2D eigenvalue weighted by Crippen LogP contribution is -2.27. The molecule has 0 radical (unpaired) electrons. The number of nitrogens with zero attached hydrogens (tertiary/aromatic N) is 4. The average Bonchev–Trinajstić information content (AvgIpc) is 3.70. The molecule has 36 heavy (non-hydrogen) atoms. The van der Waals surface area contributed by atoms with Gasteiger partial charge in [-0.3, -0.25) is 4.79 Å². The van der Waals surface area contributed by atoms with E-state index in [0.717, 1.165) is 38.3 Å². The van der Waals surface area contributed by atoms with Crippen molar-refractivity contribution in [1.29, 1.82) is 0 Å². The van der Waals surface area contributed by atoms with E-state index in [2.05, 4.69) is 15.9 Å². The average molecular weight is 537 g/mol. The summed E-state index contributed by atoms with van der Waals surface area (Å²) >= 11 is 3.50. The van der Waals surface area contributed by atoms with E-state index >= 15 is 0 Å². The van der Waals surface area contributed by atoms with Crippen molar-refractivity contribution in [3.05, 3.63) is 131 Å². The van der Waals surface area contributed by atoms with Gasteiger partial charge < -0.3 is 4.42 Å². The maximum absolute atomic E-state index is 13.5. The molecule has 0 bridgehead atoms. The van der Waals surface area contributed by atoms with Crippen LogP contribution in [0.3, 0.4) is 0 Å². The Morgan fingerprint density at radius 3 is 2.28 bits per heavy atom. The monoisotopic (exact) mass is 536 g/mol. The Labute approximate surface area is 216 Å². The van der Waals surface area contributed by atoms with Gasteiger partial charge in [0.2, 0.25) is 0 Å². The molecule has 0 N–H and O–H groups in total. The SMILES string of the molecule is O=C(c1ccco1)N1N=C(c2ccc(Br)cc2)C[C@@H]1c1cn(-c2ccccc2)nc1-c1ccccc1. The number of furan rings is 1. The molecular formula is C29H21BrN4O2. The van der Waals surface area contributed by atoms with Crippen molar-refractivity contribution in [2.45, 2.75) is 12.5 Å². The maximum atomic E-state index is 13.5. The van der Waals surface area contributed by atoms with E-state index < -0.39 is 0 Å². The number of amides is 1. The summed E-state index contributed by atoms with van der Waals surface area (Å²) in [6.07, 6.45) is 4.06. The summed E-state index contributed by atoms with van der Waals surface area (Å²) in [5.41, 5.74) is 5.45. The van der Waals surface area contributed by atoms with E-state index in [1.807, 2.05) is 95.8 Å². The zero-order valence-electron chi connectivity index (χ0n) is 19.2. The van der Waals surface area contributed by atoms with Gasteiger partial charge in [-0.05, 0) is 42.0 Å². The fourth-order valence-corrected chi connectivity index (χ4v) is 4.70. The van der Waals surface area contributed by atoms with Crippen molar-refractivity contribution >= 4 is 27.5 Å². The number of hydrazone groups is 1. The van der Waals surface area contributed by atoms with Crippen LogP contribution in [0.5, 0.6) is 0 Å². The number of benzene rings is 3. The van der Waals surface area contributed by atoms with E-state index in [1.54, 1.807) is 12.1 Å². The molecule has 1 aliphatic heterocycles. The van der Waals surface area contributed by atoms with Gasteiger partial charge in [-0.15, -0.1) is 0 Å². The molecule has 0 saturated heterocycles. The number of para-hydroxylation sites is 1. The number of rotatable bonds is 5. The van der Waals surface area contributed by atoms with Crippen molar-refractivity contribution < 1.29 is 9.21 Å². The van der Waals surface area contributed by atoms with E-state index in [9.17, 15) is 4.79 Å². The summed E-state index contributed by atoms with van der Waals surface area (Å²) in [6, 6.07) is 31.0. The van der Waals surface area contributed by atoms with Crippen molar-refractivity contribution in [3.8, 4) is 16.9 Å². The largest absolute Gasteiger partial charge is 0.459 e. The van der Waals surface area contributed by atoms with E-state index in [4.69, 9.17) is 14.6 Å². The minimum Gasteiger partial charge on any atom is -0.459 e. The zero-order valence-corrected chi connectivity index (χ0v) is 20.7. The number of halogens is 1. The van der Waals surface area contributed by atoms with Crippen LogP contribution in [0.2, 0.25) is 0 Å². The van der Waals surface area contributed by atoms with Gasteiger partial charge in [-0.25, -0.2) is 9.69 Å². The Balaban J connectivity index is 1.48. The quantitative estimate of drug-likeness (QED) is 0.245. The predicted molar refractivity (Wildman–Crippen MR) is 142 cm³/mol. The third-order valence-electron chi connectivity index (χ3n) is 6.20. The van der Waals surface area contributed by atoms with Crippen LogP contribution in [0.25, 0.3) is 16.9 Å². The Morgan fingerprint density at radius 2 is 1.58 bits per heavy atom. The number of hydrogen-bond acceptors (Lipinski definition) is 4. The third-order valence-corrected chi connectivity index (χ3v) is 6.73. The van der Waals surface area contributed by atoms with Crippen LogP contribution in [0.1, 0.15) is 34.1 Å². The van der Waals surface area contributed by atoms with Crippen LogP contribution in [-0.4, -0.2) is 26.4 Å². The van der Waals surface area contributed by atoms with Gasteiger partial charge in [0, 0.05) is 28.2 Å². The second kappa shape index (κ2) is 9.43. The first kappa shape index (κ1) is 22.2. The molecule has 0 aliphatic carbocycles. The number of carbonyl (C=O) groups is 1. The topological polar surface area (TPSA) is 63.6 Å². The minimum atomic E-state index is -0.353. The number of carbonyl (C=O) groups excluding carboxylic acids is 1. The number of aromatic nitrogens is 2. The summed E-state index contributed by atoms with van der Waals surface area (Å²) in [5.74, 6) is -0.0406. The third kappa shape index (κ3) is 4.18. The number of hydrogen-bond donors (Lipinski definition) is 0. The van der Waals surface area contributed by atoms with Crippen LogP contribution < -0.4 is 0 Å². The van der Waals surface area contributed by atoms with Crippen molar-refractivity contribution in [1.82, 2.24) is 14.8 Å². The van der Waals surface area contributed by atoms with Gasteiger partial charge in [0.25, 0.3) is 0 Å². The van der Waals surface area contributed by atoms with Crippen LogP contribution in [-0.2, 0) is 0 Å². The van der Waals surface area contributed by atoms with E-state index in [-0.39, 0.29) is 17.7 Å². The van der Waals surface area contributed by atoms with E-state index in [0.29, 0.717) is 6.42 Å². The highest BCUT2D eigenvalue weighted by Crippen LogP contribution is 2.39. The summed E-state index contributed by atoms with van der Waals surface area (Å²) in [4.78, 5) is 13.5. The summed E-state index contributed by atoms with van der Waals surface area (Å²) in [5, 5.41) is 11.3. The Bertz CT molecular complexity index is 1530. The molecule has 0 saturated carbocycles. The van der Waals surface area contributed by atoms with Gasteiger partial charge in [-0.1, -0.05) is 76.6 Å². The van der Waals surface area contributed by atoms with Gasteiger partial charge in [0.05, 0.1) is 29.4 Å². The molecule has 3 aromatic carbocycles. The molecule has 6 rings (SSSR count). The summed E-state index contributed by atoms with van der Waals surface area (Å²) in [7, 11) is 0. The van der Waals surface area contributed by atoms with Gasteiger partial charge >= 0.3 is 5.91 Å². The summed E-state index contributed by atoms with van der Waals surface area (Å²) < 4.78 is 8.30. The second-order valence-corrected chi connectivity index (χ2v) is 9.40. The molecule has 6 nitrogen and oxygen atoms in total. The lowest BCUT2D eigenvalue weighted by atomic mass is 9.96. The first-order chi connectivity index (χ1) is 17.7. The molecule has 1 aliphatic rings. The molecule has 5 aromatic rings. The second-order valence-electron chi connectivity index (χ2n) is 8.48. The summed E-state index contributed by atoms with van der Waals surface area (Å²) in [6.45, 7) is 0. The van der Waals surface area contributed by atoms with Gasteiger partial charge in [-0.2, -0.15) is 10.2 Å². The van der Waals surface area contributed by atoms with Crippen LogP contribution in [0.15, 0.2) is 124 Å². The van der Waals surface area contributed by atoms with Gasteiger partial charge in [0.15, 0.2) is 5.76 Å². The Hall–Kier alpha value is -4.23. The maximum Gasteiger partial charge on any atom is 0.310 e.